The first-order chi connectivity index (χ1) is 21.0. The van der Waals surface area contributed by atoms with Gasteiger partial charge in [-0.3, -0.25) is 10.0 Å². The third-order valence-corrected chi connectivity index (χ3v) is 7.33. The van der Waals surface area contributed by atoms with Gasteiger partial charge in [-0.05, 0) is 69.3 Å². The van der Waals surface area contributed by atoms with E-state index in [1.165, 1.54) is 6.07 Å². The molecule has 0 aliphatic rings. The Balaban J connectivity index is 1.26. The smallest absolute Gasteiger partial charge is 0.274 e. The van der Waals surface area contributed by atoms with E-state index in [9.17, 15) is 9.18 Å². The first-order valence-electron chi connectivity index (χ1n) is 14.0. The molecule has 0 aliphatic carbocycles. The predicted octanol–water partition coefficient (Wildman–Crippen LogP) is 5.49. The van der Waals surface area contributed by atoms with Crippen molar-refractivity contribution in [3.63, 3.8) is 0 Å². The van der Waals surface area contributed by atoms with Gasteiger partial charge in [0.15, 0.2) is 11.6 Å². The van der Waals surface area contributed by atoms with Crippen LogP contribution >= 0.6 is 0 Å². The molecule has 0 aliphatic heterocycles. The van der Waals surface area contributed by atoms with E-state index in [0.29, 0.717) is 35.8 Å². The molecule has 44 heavy (non-hydrogen) atoms. The predicted molar refractivity (Wildman–Crippen MR) is 166 cm³/mol. The Labute approximate surface area is 253 Å². The first-order valence-corrected chi connectivity index (χ1v) is 14.0. The summed E-state index contributed by atoms with van der Waals surface area (Å²) >= 11 is 0. The summed E-state index contributed by atoms with van der Waals surface area (Å²) < 4.78 is 31.8. The van der Waals surface area contributed by atoms with Gasteiger partial charge in [-0.1, -0.05) is 0 Å². The number of nitrogens with one attached hydrogen (secondary N) is 2. The number of pyridine rings is 1. The molecular weight excluding hydrogens is 568 g/mol. The fraction of sp³-hybridized carbons (Fsp3) is 0.258. The number of rotatable bonds is 10. The molecule has 11 nitrogen and oxygen atoms in total. The van der Waals surface area contributed by atoms with Gasteiger partial charge in [0, 0.05) is 50.0 Å². The number of carbonyl (C=O) groups is 1. The fourth-order valence-electron chi connectivity index (χ4n) is 4.98. The van der Waals surface area contributed by atoms with E-state index in [2.05, 4.69) is 25.3 Å². The van der Waals surface area contributed by atoms with E-state index in [1.54, 1.807) is 35.9 Å². The van der Waals surface area contributed by atoms with Gasteiger partial charge in [0.25, 0.3) is 5.91 Å². The third kappa shape index (κ3) is 6.27. The van der Waals surface area contributed by atoms with Crippen LogP contribution in [0.4, 0.5) is 31.9 Å². The molecule has 0 spiro atoms. The van der Waals surface area contributed by atoms with Crippen molar-refractivity contribution in [1.29, 1.82) is 0 Å². The molecule has 0 saturated carbocycles. The van der Waals surface area contributed by atoms with Crippen molar-refractivity contribution >= 4 is 40.1 Å². The van der Waals surface area contributed by atoms with Gasteiger partial charge < -0.3 is 19.7 Å². The average molecular weight is 602 g/mol. The van der Waals surface area contributed by atoms with Gasteiger partial charge in [-0.2, -0.15) is 0 Å². The third-order valence-electron chi connectivity index (χ3n) is 7.33. The topological polar surface area (TPSA) is 124 Å². The molecule has 0 atom stereocenters. The Bertz CT molecular complexity index is 1790. The number of nitrogens with zero attached hydrogens (tertiary/aromatic N) is 7. The second-order valence-electron chi connectivity index (χ2n) is 10.7. The molecule has 0 bridgehead atoms. The number of fused-ring (bicyclic) bond motifs is 1. The lowest BCUT2D eigenvalue weighted by Gasteiger charge is -2.25. The van der Waals surface area contributed by atoms with Gasteiger partial charge in [-0.25, -0.2) is 34.2 Å². The van der Waals surface area contributed by atoms with Crippen molar-refractivity contribution in [2.24, 2.45) is 0 Å². The quantitative estimate of drug-likeness (QED) is 0.141. The zero-order chi connectivity index (χ0) is 31.5. The standard InChI is InChI=1S/C31H33F2N9O2/c1-18(2)42-19(3)36-29-24(32)14-21(15-26(29)42)28-25(33)17-35-31(38-28)37-27-11-10-23(16-34-27)41(5)13-12-40(4)22-8-6-20(7-9-22)30(43)39-44/h6-11,14-18,44H,12-13H2,1-5H3,(H,39,43)(H,34,35,37,38). The number of carbonyl (C=O) groups excluding carboxylic acids is 1. The maximum absolute atomic E-state index is 15.0. The number of hydrogen-bond acceptors (Lipinski definition) is 9. The van der Waals surface area contributed by atoms with Crippen LogP contribution < -0.4 is 20.6 Å². The molecule has 0 fully saturated rings. The van der Waals surface area contributed by atoms with Crippen molar-refractivity contribution in [3.8, 4) is 11.3 Å². The summed E-state index contributed by atoms with van der Waals surface area (Å²) in [4.78, 5) is 32.8. The normalized spacial score (nSPS) is 11.2. The molecule has 5 rings (SSSR count). The van der Waals surface area contributed by atoms with Gasteiger partial charge in [0.2, 0.25) is 5.95 Å². The van der Waals surface area contributed by atoms with Crippen LogP contribution in [0, 0.1) is 18.6 Å². The van der Waals surface area contributed by atoms with Crippen LogP contribution in [0.3, 0.4) is 0 Å². The van der Waals surface area contributed by atoms with Crippen LogP contribution in [0.1, 0.15) is 36.1 Å². The SMILES string of the molecule is Cc1nc2c(F)cc(-c3nc(Nc4ccc(N(C)CCN(C)c5ccc(C(=O)NO)cc5)cn4)ncc3F)cc2n1C(C)C. The number of likely N-dealkylation sites (N-methyl/N-ethyl adjacent to an activating group) is 2. The molecule has 3 aromatic heterocycles. The number of benzene rings is 2. The van der Waals surface area contributed by atoms with Gasteiger partial charge >= 0.3 is 0 Å². The molecule has 0 saturated heterocycles. The first kappa shape index (κ1) is 30.3. The van der Waals surface area contributed by atoms with E-state index < -0.39 is 17.5 Å². The number of hydrogen-bond donors (Lipinski definition) is 3. The molecular formula is C31H33F2N9O2. The van der Waals surface area contributed by atoms with Crippen LogP contribution in [0.25, 0.3) is 22.3 Å². The van der Waals surface area contributed by atoms with E-state index in [4.69, 9.17) is 5.21 Å². The number of aromatic nitrogens is 5. The summed E-state index contributed by atoms with van der Waals surface area (Å²) in [6.07, 6.45) is 2.75. The van der Waals surface area contributed by atoms with Crippen LogP contribution in [-0.4, -0.2) is 62.8 Å². The van der Waals surface area contributed by atoms with Crippen LogP contribution in [0.2, 0.25) is 0 Å². The Morgan fingerprint density at radius 1 is 0.932 bits per heavy atom. The van der Waals surface area contributed by atoms with Crippen LogP contribution in [0.5, 0.6) is 0 Å². The Morgan fingerprint density at radius 3 is 2.25 bits per heavy atom. The summed E-state index contributed by atoms with van der Waals surface area (Å²) in [5.74, 6) is -0.542. The Hall–Kier alpha value is -5.17. The van der Waals surface area contributed by atoms with Crippen molar-refractivity contribution in [1.82, 2.24) is 30.0 Å². The van der Waals surface area contributed by atoms with E-state index in [-0.39, 0.29) is 28.8 Å². The summed E-state index contributed by atoms with van der Waals surface area (Å²) in [6, 6.07) is 13.5. The summed E-state index contributed by atoms with van der Waals surface area (Å²) in [5.41, 5.74) is 4.83. The molecule has 3 heterocycles. The Kier molecular flexibility index (Phi) is 8.67. The molecule has 0 unspecified atom stereocenters. The van der Waals surface area contributed by atoms with Crippen LogP contribution in [0.15, 0.2) is 60.9 Å². The largest absolute Gasteiger partial charge is 0.373 e. The fourth-order valence-corrected chi connectivity index (χ4v) is 4.98. The minimum atomic E-state index is -0.678. The Morgan fingerprint density at radius 2 is 1.61 bits per heavy atom. The number of imidazole rings is 1. The second-order valence-corrected chi connectivity index (χ2v) is 10.7. The highest BCUT2D eigenvalue weighted by Crippen LogP contribution is 2.30. The summed E-state index contributed by atoms with van der Waals surface area (Å²) in [6.45, 7) is 7.14. The van der Waals surface area contributed by atoms with Gasteiger partial charge in [0.1, 0.15) is 22.9 Å². The highest BCUT2D eigenvalue weighted by Gasteiger charge is 2.18. The van der Waals surface area contributed by atoms with Crippen molar-refractivity contribution in [3.05, 3.63) is 83.9 Å². The molecule has 228 valence electrons. The average Bonchev–Trinajstić information content (AvgIpc) is 3.37. The van der Waals surface area contributed by atoms with E-state index in [0.717, 1.165) is 17.6 Å². The van der Waals surface area contributed by atoms with Gasteiger partial charge in [0.05, 0.1) is 23.6 Å². The molecule has 2 aromatic carbocycles. The van der Waals surface area contributed by atoms with Gasteiger partial charge in [-0.15, -0.1) is 0 Å². The lowest BCUT2D eigenvalue weighted by atomic mass is 10.1. The molecule has 1 amide bonds. The van der Waals surface area contributed by atoms with Crippen molar-refractivity contribution in [2.45, 2.75) is 26.8 Å². The summed E-state index contributed by atoms with van der Waals surface area (Å²) in [7, 11) is 3.90. The van der Waals surface area contributed by atoms with Crippen LogP contribution in [-0.2, 0) is 0 Å². The van der Waals surface area contributed by atoms with Crippen molar-refractivity contribution in [2.75, 3.05) is 42.3 Å². The number of halogens is 2. The highest BCUT2D eigenvalue weighted by atomic mass is 19.1. The zero-order valence-corrected chi connectivity index (χ0v) is 25.0. The van der Waals surface area contributed by atoms with E-state index >= 15 is 4.39 Å². The summed E-state index contributed by atoms with van der Waals surface area (Å²) in [5, 5.41) is 11.8. The molecule has 13 heteroatoms. The number of hydroxylamine groups is 1. The molecule has 3 N–H and O–H groups in total. The van der Waals surface area contributed by atoms with Crippen molar-refractivity contribution < 1.29 is 18.8 Å². The minimum Gasteiger partial charge on any atom is -0.373 e. The molecule has 0 radical (unpaired) electrons. The maximum Gasteiger partial charge on any atom is 0.274 e. The monoisotopic (exact) mass is 601 g/mol. The highest BCUT2D eigenvalue weighted by molar-refractivity contribution is 5.93. The minimum absolute atomic E-state index is 0.0377. The molecule has 5 aromatic rings. The lowest BCUT2D eigenvalue weighted by Crippen LogP contribution is -2.30. The van der Waals surface area contributed by atoms with E-state index in [1.807, 2.05) is 67.4 Å². The number of amides is 1. The number of anilines is 4. The second kappa shape index (κ2) is 12.6. The maximum atomic E-state index is 15.0. The zero-order valence-electron chi connectivity index (χ0n) is 25.0. The lowest BCUT2D eigenvalue weighted by molar-refractivity contribution is 0.0706. The number of aryl methyl sites for hydroxylation is 1.